The van der Waals surface area contributed by atoms with Gasteiger partial charge in [-0.2, -0.15) is 10.2 Å². The van der Waals surface area contributed by atoms with E-state index in [1.807, 2.05) is 48.0 Å². The number of rotatable bonds is 4. The Morgan fingerprint density at radius 3 is 2.62 bits per heavy atom. The van der Waals surface area contributed by atoms with Crippen LogP contribution in [0, 0.1) is 6.92 Å². The number of benzene rings is 1. The molecule has 0 atom stereocenters. The minimum atomic E-state index is 0.669. The predicted octanol–water partition coefficient (Wildman–Crippen LogP) is 2.71. The van der Waals surface area contributed by atoms with Gasteiger partial charge < -0.3 is 9.30 Å². The van der Waals surface area contributed by atoms with Crippen LogP contribution < -0.4 is 4.74 Å². The summed E-state index contributed by atoms with van der Waals surface area (Å²) in [5, 5.41) is 8.29. The van der Waals surface area contributed by atoms with Gasteiger partial charge in [-0.15, -0.1) is 0 Å². The lowest BCUT2D eigenvalue weighted by atomic mass is 10.1. The van der Waals surface area contributed by atoms with E-state index in [0.29, 0.717) is 6.54 Å². The third-order valence-corrected chi connectivity index (χ3v) is 3.38. The normalized spacial score (nSPS) is 10.6. The summed E-state index contributed by atoms with van der Waals surface area (Å²) in [5.74, 6) is 1.81. The molecule has 0 unspecified atom stereocenters. The van der Waals surface area contributed by atoms with Crippen molar-refractivity contribution in [3.63, 3.8) is 0 Å². The van der Waals surface area contributed by atoms with Crippen LogP contribution in [0.3, 0.4) is 0 Å². The zero-order valence-electron chi connectivity index (χ0n) is 12.0. The predicted molar refractivity (Wildman–Crippen MR) is 80.1 cm³/mol. The maximum absolute atomic E-state index is 5.17. The van der Waals surface area contributed by atoms with Crippen molar-refractivity contribution in [3.8, 4) is 16.9 Å². The van der Waals surface area contributed by atoms with Gasteiger partial charge in [-0.3, -0.25) is 0 Å². The van der Waals surface area contributed by atoms with Gasteiger partial charge in [-0.1, -0.05) is 12.1 Å². The molecule has 106 valence electrons. The molecule has 0 bridgehead atoms. The van der Waals surface area contributed by atoms with Gasteiger partial charge in [0.2, 0.25) is 0 Å². The van der Waals surface area contributed by atoms with Crippen molar-refractivity contribution in [1.82, 2.24) is 19.7 Å². The molecule has 0 N–H and O–H groups in total. The summed E-state index contributed by atoms with van der Waals surface area (Å²) in [4.78, 5) is 4.21. The number of methoxy groups -OCH3 is 1. The van der Waals surface area contributed by atoms with Crippen molar-refractivity contribution in [2.45, 2.75) is 13.5 Å². The van der Waals surface area contributed by atoms with E-state index >= 15 is 0 Å². The van der Waals surface area contributed by atoms with E-state index in [9.17, 15) is 0 Å². The summed E-state index contributed by atoms with van der Waals surface area (Å²) in [6, 6.07) is 9.96. The summed E-state index contributed by atoms with van der Waals surface area (Å²) in [6.45, 7) is 2.64. The summed E-state index contributed by atoms with van der Waals surface area (Å²) in [6.07, 6.45) is 5.50. The maximum Gasteiger partial charge on any atom is 0.118 e. The van der Waals surface area contributed by atoms with E-state index in [4.69, 9.17) is 4.74 Å². The van der Waals surface area contributed by atoms with Crippen LogP contribution in [0.4, 0.5) is 0 Å². The first-order chi connectivity index (χ1) is 10.3. The molecule has 3 rings (SSSR count). The molecule has 0 saturated heterocycles. The standard InChI is InChI=1S/C16H16N4O/c1-12-17-7-8-20(12)11-15-9-14(10-18-19-15)13-3-5-16(21-2)6-4-13/h3-10H,11H2,1-2H3. The average molecular weight is 280 g/mol. The Morgan fingerprint density at radius 1 is 1.14 bits per heavy atom. The van der Waals surface area contributed by atoms with Crippen LogP contribution in [-0.4, -0.2) is 26.9 Å². The van der Waals surface area contributed by atoms with E-state index in [1.54, 1.807) is 19.5 Å². The molecule has 0 spiro atoms. The number of hydrogen-bond acceptors (Lipinski definition) is 4. The van der Waals surface area contributed by atoms with Crippen LogP contribution in [0.1, 0.15) is 11.5 Å². The topological polar surface area (TPSA) is 52.8 Å². The van der Waals surface area contributed by atoms with Gasteiger partial charge in [-0.25, -0.2) is 4.98 Å². The lowest BCUT2D eigenvalue weighted by Crippen LogP contribution is -2.04. The number of aromatic nitrogens is 4. The molecule has 0 fully saturated rings. The van der Waals surface area contributed by atoms with Crippen molar-refractivity contribution >= 4 is 0 Å². The van der Waals surface area contributed by atoms with Crippen LogP contribution in [0.5, 0.6) is 5.75 Å². The molecule has 2 heterocycles. The zero-order valence-corrected chi connectivity index (χ0v) is 12.0. The molecule has 3 aromatic rings. The molecule has 2 aromatic heterocycles. The number of ether oxygens (including phenoxy) is 1. The first-order valence-corrected chi connectivity index (χ1v) is 6.70. The Kier molecular flexibility index (Phi) is 3.64. The largest absolute Gasteiger partial charge is 0.497 e. The van der Waals surface area contributed by atoms with E-state index in [-0.39, 0.29) is 0 Å². The van der Waals surface area contributed by atoms with Gasteiger partial charge in [0, 0.05) is 18.0 Å². The highest BCUT2D eigenvalue weighted by Crippen LogP contribution is 2.22. The quantitative estimate of drug-likeness (QED) is 0.737. The molecule has 0 aliphatic heterocycles. The summed E-state index contributed by atoms with van der Waals surface area (Å²) in [7, 11) is 1.66. The van der Waals surface area contributed by atoms with Crippen LogP contribution in [0.15, 0.2) is 48.9 Å². The number of hydrogen-bond donors (Lipinski definition) is 0. The van der Waals surface area contributed by atoms with Gasteiger partial charge >= 0.3 is 0 Å². The second-order valence-corrected chi connectivity index (χ2v) is 4.77. The lowest BCUT2D eigenvalue weighted by molar-refractivity contribution is 0.415. The van der Waals surface area contributed by atoms with E-state index in [0.717, 1.165) is 28.4 Å². The summed E-state index contributed by atoms with van der Waals surface area (Å²) in [5.41, 5.74) is 3.04. The van der Waals surface area contributed by atoms with E-state index in [1.165, 1.54) is 0 Å². The fourth-order valence-corrected chi connectivity index (χ4v) is 2.17. The molecule has 1 aromatic carbocycles. The Hall–Kier alpha value is -2.69. The number of nitrogens with zero attached hydrogens (tertiary/aromatic N) is 4. The second-order valence-electron chi connectivity index (χ2n) is 4.77. The highest BCUT2D eigenvalue weighted by molar-refractivity contribution is 5.63. The number of imidazole rings is 1. The van der Waals surface area contributed by atoms with Gasteiger partial charge in [0.05, 0.1) is 25.5 Å². The molecule has 0 saturated carbocycles. The molecule has 21 heavy (non-hydrogen) atoms. The minimum absolute atomic E-state index is 0.669. The zero-order chi connectivity index (χ0) is 14.7. The molecular formula is C16H16N4O. The molecule has 0 aliphatic carbocycles. The van der Waals surface area contributed by atoms with E-state index < -0.39 is 0 Å². The Bertz CT molecular complexity index is 734. The summed E-state index contributed by atoms with van der Waals surface area (Å²) >= 11 is 0. The first-order valence-electron chi connectivity index (χ1n) is 6.70. The third kappa shape index (κ3) is 2.91. The van der Waals surface area contributed by atoms with Gasteiger partial charge in [-0.05, 0) is 30.7 Å². The molecule has 0 amide bonds. The van der Waals surface area contributed by atoms with Crippen LogP contribution >= 0.6 is 0 Å². The molecular weight excluding hydrogens is 264 g/mol. The van der Waals surface area contributed by atoms with Crippen molar-refractivity contribution in [1.29, 1.82) is 0 Å². The average Bonchev–Trinajstić information content (AvgIpc) is 2.93. The first kappa shape index (κ1) is 13.3. The van der Waals surface area contributed by atoms with Crippen molar-refractivity contribution in [2.75, 3.05) is 7.11 Å². The molecule has 0 radical (unpaired) electrons. The monoisotopic (exact) mass is 280 g/mol. The third-order valence-electron chi connectivity index (χ3n) is 3.38. The Morgan fingerprint density at radius 2 is 1.95 bits per heavy atom. The fraction of sp³-hybridized carbons (Fsp3) is 0.188. The van der Waals surface area contributed by atoms with E-state index in [2.05, 4.69) is 15.2 Å². The van der Waals surface area contributed by atoms with Crippen LogP contribution in [0.25, 0.3) is 11.1 Å². The van der Waals surface area contributed by atoms with Gasteiger partial charge in [0.15, 0.2) is 0 Å². The van der Waals surface area contributed by atoms with Crippen molar-refractivity contribution < 1.29 is 4.74 Å². The fourth-order valence-electron chi connectivity index (χ4n) is 2.17. The van der Waals surface area contributed by atoms with Crippen molar-refractivity contribution in [2.24, 2.45) is 0 Å². The number of aryl methyl sites for hydroxylation is 1. The maximum atomic E-state index is 5.17. The SMILES string of the molecule is COc1ccc(-c2cnnc(Cn3ccnc3C)c2)cc1. The molecule has 5 heteroatoms. The molecule has 5 nitrogen and oxygen atoms in total. The highest BCUT2D eigenvalue weighted by Gasteiger charge is 2.04. The smallest absolute Gasteiger partial charge is 0.118 e. The Balaban J connectivity index is 1.87. The Labute approximate surface area is 123 Å². The highest BCUT2D eigenvalue weighted by atomic mass is 16.5. The minimum Gasteiger partial charge on any atom is -0.497 e. The summed E-state index contributed by atoms with van der Waals surface area (Å²) < 4.78 is 7.22. The second kappa shape index (κ2) is 5.75. The van der Waals surface area contributed by atoms with Crippen molar-refractivity contribution in [3.05, 3.63) is 60.4 Å². The molecule has 0 aliphatic rings. The van der Waals surface area contributed by atoms with Gasteiger partial charge in [0.1, 0.15) is 11.6 Å². The van der Waals surface area contributed by atoms with Gasteiger partial charge in [0.25, 0.3) is 0 Å². The van der Waals surface area contributed by atoms with Crippen LogP contribution in [0.2, 0.25) is 0 Å². The lowest BCUT2D eigenvalue weighted by Gasteiger charge is -2.07. The van der Waals surface area contributed by atoms with Crippen LogP contribution in [-0.2, 0) is 6.54 Å².